The number of nitrogens with zero attached hydrogens (tertiary/aromatic N) is 2. The Morgan fingerprint density at radius 3 is 0.778 bits per heavy atom. The van der Waals surface area contributed by atoms with Gasteiger partial charge in [-0.3, -0.25) is 9.98 Å². The molecule has 0 radical (unpaired) electrons. The molecule has 164 valence electrons. The molecule has 0 saturated heterocycles. The Morgan fingerprint density at radius 2 is 0.667 bits per heavy atom. The van der Waals surface area contributed by atoms with Gasteiger partial charge in [-0.05, 0) is 64.8 Å². The molecule has 0 aliphatic carbocycles. The first-order valence-electron chi connectivity index (χ1n) is 9.45. The molecule has 0 N–H and O–H groups in total. The average molecular weight is 427 g/mol. The Hall–Kier alpha value is -0.246. The Labute approximate surface area is 179 Å². The molecule has 0 aromatic heterocycles. The van der Waals surface area contributed by atoms with E-state index in [9.17, 15) is 10.2 Å². The zero-order valence-corrected chi connectivity index (χ0v) is 21.2. The summed E-state index contributed by atoms with van der Waals surface area (Å²) in [6, 6.07) is 0. The zero-order chi connectivity index (χ0) is 21.8. The zero-order valence-electron chi connectivity index (χ0n) is 20.2. The molecule has 5 heteroatoms. The smallest absolute Gasteiger partial charge is 0.845 e. The first-order chi connectivity index (χ1) is 10.9. The number of rotatable bonds is 2. The standard InChI is InChI=1S/2C11H22NO.Ni/c2*1-9(2,3)11(7,13)8-12-10(4,5)6;/h2*8H,1-7H3;/q2*-1;+2. The summed E-state index contributed by atoms with van der Waals surface area (Å²) < 4.78 is 0. The van der Waals surface area contributed by atoms with Crippen molar-refractivity contribution in [2.24, 2.45) is 20.8 Å². The number of aliphatic imine (C=N–C) groups is 2. The van der Waals surface area contributed by atoms with Crippen LogP contribution in [0.25, 0.3) is 0 Å². The van der Waals surface area contributed by atoms with Gasteiger partial charge < -0.3 is 10.2 Å². The van der Waals surface area contributed by atoms with Crippen LogP contribution < -0.4 is 10.2 Å². The van der Waals surface area contributed by atoms with Crippen LogP contribution in [0.1, 0.15) is 96.9 Å². The van der Waals surface area contributed by atoms with Gasteiger partial charge in [0, 0.05) is 0 Å². The van der Waals surface area contributed by atoms with Crippen LogP contribution in [-0.4, -0.2) is 34.7 Å². The maximum Gasteiger partial charge on any atom is 2.00 e. The molecule has 0 rings (SSSR count). The number of hydrogen-bond acceptors (Lipinski definition) is 4. The van der Waals surface area contributed by atoms with Crippen LogP contribution >= 0.6 is 0 Å². The van der Waals surface area contributed by atoms with E-state index in [1.807, 2.05) is 83.1 Å². The van der Waals surface area contributed by atoms with E-state index in [0.717, 1.165) is 0 Å². The van der Waals surface area contributed by atoms with Crippen molar-refractivity contribution in [1.29, 1.82) is 0 Å². The predicted octanol–water partition coefficient (Wildman–Crippen LogP) is 4.04. The van der Waals surface area contributed by atoms with Crippen molar-refractivity contribution in [3.05, 3.63) is 0 Å². The van der Waals surface area contributed by atoms with Crippen LogP contribution in [0.15, 0.2) is 9.98 Å². The second-order valence-electron chi connectivity index (χ2n) is 11.6. The summed E-state index contributed by atoms with van der Waals surface area (Å²) in [5.41, 5.74) is -3.09. The van der Waals surface area contributed by atoms with Crippen LogP contribution in [0.2, 0.25) is 0 Å². The molecule has 0 bridgehead atoms. The van der Waals surface area contributed by atoms with Gasteiger partial charge in [-0.2, -0.15) is 0 Å². The first-order valence-corrected chi connectivity index (χ1v) is 9.45. The fourth-order valence-electron chi connectivity index (χ4n) is 1.02. The summed E-state index contributed by atoms with van der Waals surface area (Å²) in [6.07, 6.45) is 3.10. The van der Waals surface area contributed by atoms with Gasteiger partial charge in [0.15, 0.2) is 0 Å². The van der Waals surface area contributed by atoms with Crippen molar-refractivity contribution in [3.63, 3.8) is 0 Å². The van der Waals surface area contributed by atoms with E-state index in [4.69, 9.17) is 0 Å². The van der Waals surface area contributed by atoms with E-state index < -0.39 is 11.2 Å². The van der Waals surface area contributed by atoms with Crippen LogP contribution in [0.3, 0.4) is 0 Å². The second kappa shape index (κ2) is 9.99. The molecule has 2 atom stereocenters. The molecule has 2 unspecified atom stereocenters. The Balaban J connectivity index is -0.000000411. The van der Waals surface area contributed by atoms with E-state index in [1.54, 1.807) is 26.3 Å². The molecule has 0 amide bonds. The van der Waals surface area contributed by atoms with Crippen LogP contribution in [0, 0.1) is 10.8 Å². The third kappa shape index (κ3) is 14.4. The van der Waals surface area contributed by atoms with Gasteiger partial charge in [-0.1, -0.05) is 66.6 Å². The molecular formula is C22H44N2NiO2. The minimum atomic E-state index is -1.10. The van der Waals surface area contributed by atoms with Crippen molar-refractivity contribution in [3.8, 4) is 0 Å². The monoisotopic (exact) mass is 426 g/mol. The van der Waals surface area contributed by atoms with Gasteiger partial charge >= 0.3 is 16.5 Å². The maximum atomic E-state index is 12.0. The molecule has 4 nitrogen and oxygen atoms in total. The Morgan fingerprint density at radius 1 is 0.481 bits per heavy atom. The van der Waals surface area contributed by atoms with E-state index in [2.05, 4.69) is 9.98 Å². The first kappa shape index (κ1) is 31.4. The summed E-state index contributed by atoms with van der Waals surface area (Å²) in [7, 11) is 0. The minimum absolute atomic E-state index is 0. The summed E-state index contributed by atoms with van der Waals surface area (Å²) >= 11 is 0. The third-order valence-corrected chi connectivity index (χ3v) is 4.37. The van der Waals surface area contributed by atoms with Crippen LogP contribution in [0.4, 0.5) is 0 Å². The van der Waals surface area contributed by atoms with Gasteiger partial charge in [0.25, 0.3) is 0 Å². The summed E-state index contributed by atoms with van der Waals surface area (Å²) in [6.45, 7) is 26.9. The average Bonchev–Trinajstić information content (AvgIpc) is 2.31. The summed E-state index contributed by atoms with van der Waals surface area (Å²) in [5.74, 6) is 0. The topological polar surface area (TPSA) is 70.8 Å². The molecule has 0 saturated carbocycles. The van der Waals surface area contributed by atoms with Crippen LogP contribution in [0.5, 0.6) is 0 Å². The molecule has 0 heterocycles. The van der Waals surface area contributed by atoms with Crippen molar-refractivity contribution < 1.29 is 26.7 Å². The largest absolute Gasteiger partial charge is 2.00 e. The molecule has 0 aliphatic rings. The molecule has 0 fully saturated rings. The normalized spacial score (nSPS) is 18.4. The minimum Gasteiger partial charge on any atom is -0.845 e. The Kier molecular flexibility index (Phi) is 11.6. The second-order valence-corrected chi connectivity index (χ2v) is 11.6. The summed E-state index contributed by atoms with van der Waals surface area (Å²) in [5, 5.41) is 24.0. The molecule has 0 spiro atoms. The predicted molar refractivity (Wildman–Crippen MR) is 112 cm³/mol. The van der Waals surface area contributed by atoms with E-state index in [1.165, 1.54) is 0 Å². The van der Waals surface area contributed by atoms with Crippen LogP contribution in [-0.2, 0) is 16.5 Å². The van der Waals surface area contributed by atoms with E-state index >= 15 is 0 Å². The fourth-order valence-corrected chi connectivity index (χ4v) is 1.02. The van der Waals surface area contributed by atoms with Crippen molar-refractivity contribution >= 4 is 12.4 Å². The van der Waals surface area contributed by atoms with Crippen molar-refractivity contribution in [2.45, 2.75) is 119 Å². The molecule has 0 aromatic carbocycles. The summed E-state index contributed by atoms with van der Waals surface area (Å²) in [4.78, 5) is 8.51. The molecule has 27 heavy (non-hydrogen) atoms. The quantitative estimate of drug-likeness (QED) is 0.493. The third-order valence-electron chi connectivity index (χ3n) is 4.37. The van der Waals surface area contributed by atoms with Crippen molar-refractivity contribution in [2.75, 3.05) is 0 Å². The number of hydrogen-bond donors (Lipinski definition) is 0. The van der Waals surface area contributed by atoms with Crippen molar-refractivity contribution in [1.82, 2.24) is 0 Å². The maximum absolute atomic E-state index is 12.0. The molecular weight excluding hydrogens is 383 g/mol. The molecule has 0 aliphatic heterocycles. The van der Waals surface area contributed by atoms with Gasteiger partial charge in [-0.15, -0.1) is 0 Å². The van der Waals surface area contributed by atoms with Gasteiger partial charge in [0.05, 0.1) is 11.1 Å². The fraction of sp³-hybridized carbons (Fsp3) is 0.909. The van der Waals surface area contributed by atoms with Gasteiger partial charge in [-0.25, -0.2) is 0 Å². The van der Waals surface area contributed by atoms with E-state index in [-0.39, 0.29) is 38.4 Å². The Bertz CT molecular complexity index is 434. The molecule has 0 aromatic rings. The van der Waals surface area contributed by atoms with E-state index in [0.29, 0.717) is 0 Å². The SMILES string of the molecule is CC(C)(C)N=CC(C)([O-])C(C)(C)C.CC(C)(C)N=CC(C)([O-])C(C)(C)C.[Ni+2]. The van der Waals surface area contributed by atoms with Gasteiger partial charge in [0.1, 0.15) is 0 Å². The van der Waals surface area contributed by atoms with Gasteiger partial charge in [0.2, 0.25) is 0 Å².